The second kappa shape index (κ2) is 8.64. The van der Waals surface area contributed by atoms with Crippen molar-refractivity contribution in [2.24, 2.45) is 11.8 Å². The van der Waals surface area contributed by atoms with Crippen LogP contribution in [0.15, 0.2) is 48.5 Å². The maximum absolute atomic E-state index is 13.6. The molecule has 2 aromatic rings. The average molecular weight is 395 g/mol. The van der Waals surface area contributed by atoms with Crippen LogP contribution in [0.4, 0.5) is 10.1 Å². The molecular weight excluding hydrogens is 369 g/mol. The Hall–Kier alpha value is -2.89. The molecular formula is C23H26FN3O2. The third-order valence-corrected chi connectivity index (χ3v) is 5.58. The lowest BCUT2D eigenvalue weighted by molar-refractivity contribution is -0.120. The van der Waals surface area contributed by atoms with Crippen LogP contribution in [0.5, 0.6) is 0 Å². The third kappa shape index (κ3) is 5.34. The molecule has 2 aromatic carbocycles. The van der Waals surface area contributed by atoms with Gasteiger partial charge in [0.1, 0.15) is 5.82 Å². The van der Waals surface area contributed by atoms with Gasteiger partial charge < -0.3 is 16.0 Å². The first kappa shape index (κ1) is 19.4. The second-order valence-electron chi connectivity index (χ2n) is 7.97. The summed E-state index contributed by atoms with van der Waals surface area (Å²) in [7, 11) is 0. The van der Waals surface area contributed by atoms with E-state index in [0.29, 0.717) is 29.0 Å². The standard InChI is InChI=1S/C23H26FN3O2/c24-20-4-2-1-3-18(20)13-26-23(29)17-9-11-19(12-10-17)25-14-21(28)27-22(15-5-6-15)16-7-8-16/h1-4,9-12,15-16,22,25H,5-8,13-14H2,(H,26,29)(H,27,28). The minimum atomic E-state index is -0.337. The fourth-order valence-corrected chi connectivity index (χ4v) is 3.61. The molecule has 0 radical (unpaired) electrons. The molecule has 2 aliphatic carbocycles. The highest BCUT2D eigenvalue weighted by atomic mass is 19.1. The van der Waals surface area contributed by atoms with E-state index in [4.69, 9.17) is 0 Å². The second-order valence-corrected chi connectivity index (χ2v) is 7.97. The molecule has 29 heavy (non-hydrogen) atoms. The van der Waals surface area contributed by atoms with Gasteiger partial charge in [-0.05, 0) is 67.9 Å². The van der Waals surface area contributed by atoms with Gasteiger partial charge in [0.25, 0.3) is 5.91 Å². The Balaban J connectivity index is 1.23. The summed E-state index contributed by atoms with van der Waals surface area (Å²) in [4.78, 5) is 24.5. The summed E-state index contributed by atoms with van der Waals surface area (Å²) in [6.07, 6.45) is 4.93. The van der Waals surface area contributed by atoms with Gasteiger partial charge >= 0.3 is 0 Å². The first-order valence-electron chi connectivity index (χ1n) is 10.2. The molecule has 5 nitrogen and oxygen atoms in total. The van der Waals surface area contributed by atoms with Gasteiger partial charge in [-0.3, -0.25) is 9.59 Å². The molecule has 2 amide bonds. The summed E-state index contributed by atoms with van der Waals surface area (Å²) in [5.74, 6) is 0.758. The van der Waals surface area contributed by atoms with Gasteiger partial charge in [0.2, 0.25) is 5.91 Å². The summed E-state index contributed by atoms with van der Waals surface area (Å²) >= 11 is 0. The number of nitrogens with one attached hydrogen (secondary N) is 3. The molecule has 2 saturated carbocycles. The minimum Gasteiger partial charge on any atom is -0.376 e. The van der Waals surface area contributed by atoms with E-state index in [2.05, 4.69) is 16.0 Å². The van der Waals surface area contributed by atoms with Crippen LogP contribution < -0.4 is 16.0 Å². The zero-order valence-electron chi connectivity index (χ0n) is 16.3. The van der Waals surface area contributed by atoms with Crippen LogP contribution in [0.25, 0.3) is 0 Å². The average Bonchev–Trinajstić information content (AvgIpc) is 3.64. The van der Waals surface area contributed by atoms with Crippen LogP contribution in [0.1, 0.15) is 41.6 Å². The number of hydrogen-bond acceptors (Lipinski definition) is 3. The Morgan fingerprint density at radius 3 is 2.24 bits per heavy atom. The maximum Gasteiger partial charge on any atom is 0.251 e. The normalized spacial score (nSPS) is 15.8. The summed E-state index contributed by atoms with van der Waals surface area (Å²) in [6, 6.07) is 13.6. The SMILES string of the molecule is O=C(CNc1ccc(C(=O)NCc2ccccc2F)cc1)NC(C1CC1)C1CC1. The lowest BCUT2D eigenvalue weighted by atomic mass is 10.1. The minimum absolute atomic E-state index is 0.0144. The Labute approximate surface area is 170 Å². The van der Waals surface area contributed by atoms with E-state index in [-0.39, 0.29) is 30.7 Å². The smallest absolute Gasteiger partial charge is 0.251 e. The van der Waals surface area contributed by atoms with Crippen LogP contribution in [0.2, 0.25) is 0 Å². The van der Waals surface area contributed by atoms with Gasteiger partial charge in [-0.25, -0.2) is 4.39 Å². The molecule has 6 heteroatoms. The van der Waals surface area contributed by atoms with Crippen molar-refractivity contribution >= 4 is 17.5 Å². The van der Waals surface area contributed by atoms with Gasteiger partial charge in [0.15, 0.2) is 0 Å². The van der Waals surface area contributed by atoms with E-state index in [1.807, 2.05) is 0 Å². The number of halogens is 1. The monoisotopic (exact) mass is 395 g/mol. The molecule has 0 aliphatic heterocycles. The van der Waals surface area contributed by atoms with Crippen LogP contribution in [0.3, 0.4) is 0 Å². The molecule has 2 aliphatic rings. The van der Waals surface area contributed by atoms with Crippen molar-refractivity contribution in [2.45, 2.75) is 38.3 Å². The number of amides is 2. The quantitative estimate of drug-likeness (QED) is 0.609. The lowest BCUT2D eigenvalue weighted by Gasteiger charge is -2.18. The van der Waals surface area contributed by atoms with Gasteiger partial charge in [-0.2, -0.15) is 0 Å². The highest BCUT2D eigenvalue weighted by Crippen LogP contribution is 2.44. The van der Waals surface area contributed by atoms with Crippen LogP contribution in [-0.2, 0) is 11.3 Å². The van der Waals surface area contributed by atoms with Gasteiger partial charge in [-0.15, -0.1) is 0 Å². The number of carbonyl (C=O) groups excluding carboxylic acids is 2. The predicted octanol–water partition coefficient (Wildman–Crippen LogP) is 3.47. The predicted molar refractivity (Wildman–Crippen MR) is 110 cm³/mol. The Morgan fingerprint density at radius 2 is 1.62 bits per heavy atom. The van der Waals surface area contributed by atoms with E-state index < -0.39 is 0 Å². The zero-order chi connectivity index (χ0) is 20.2. The van der Waals surface area contributed by atoms with Crippen molar-refractivity contribution in [3.05, 3.63) is 65.5 Å². The summed E-state index contributed by atoms with van der Waals surface area (Å²) < 4.78 is 13.6. The van der Waals surface area contributed by atoms with Crippen molar-refractivity contribution in [2.75, 3.05) is 11.9 Å². The first-order chi connectivity index (χ1) is 14.1. The molecule has 3 N–H and O–H groups in total. The topological polar surface area (TPSA) is 70.2 Å². The van der Waals surface area contributed by atoms with E-state index in [1.165, 1.54) is 31.7 Å². The maximum atomic E-state index is 13.6. The molecule has 4 rings (SSSR count). The first-order valence-corrected chi connectivity index (χ1v) is 10.2. The van der Waals surface area contributed by atoms with Crippen molar-refractivity contribution in [3.8, 4) is 0 Å². The molecule has 0 saturated heterocycles. The van der Waals surface area contributed by atoms with Crippen LogP contribution in [0, 0.1) is 17.7 Å². The molecule has 0 atom stereocenters. The largest absolute Gasteiger partial charge is 0.376 e. The molecule has 0 spiro atoms. The van der Waals surface area contributed by atoms with Gasteiger partial charge in [-0.1, -0.05) is 18.2 Å². The summed E-state index contributed by atoms with van der Waals surface area (Å²) in [5.41, 5.74) is 1.71. The van der Waals surface area contributed by atoms with E-state index in [9.17, 15) is 14.0 Å². The molecule has 0 aromatic heterocycles. The fourth-order valence-electron chi connectivity index (χ4n) is 3.61. The van der Waals surface area contributed by atoms with Crippen LogP contribution in [-0.4, -0.2) is 24.4 Å². The lowest BCUT2D eigenvalue weighted by Crippen LogP contribution is -2.41. The number of carbonyl (C=O) groups is 2. The van der Waals surface area contributed by atoms with Crippen molar-refractivity contribution in [3.63, 3.8) is 0 Å². The highest BCUT2D eigenvalue weighted by Gasteiger charge is 2.42. The molecule has 2 fully saturated rings. The number of benzene rings is 2. The van der Waals surface area contributed by atoms with Crippen molar-refractivity contribution < 1.29 is 14.0 Å². The fraction of sp³-hybridized carbons (Fsp3) is 0.391. The van der Waals surface area contributed by atoms with Gasteiger partial charge in [0, 0.05) is 29.4 Å². The number of anilines is 1. The van der Waals surface area contributed by atoms with E-state index >= 15 is 0 Å². The van der Waals surface area contributed by atoms with E-state index in [1.54, 1.807) is 42.5 Å². The number of hydrogen-bond donors (Lipinski definition) is 3. The van der Waals surface area contributed by atoms with E-state index in [0.717, 1.165) is 5.69 Å². The molecule has 0 heterocycles. The molecule has 0 bridgehead atoms. The van der Waals surface area contributed by atoms with Crippen molar-refractivity contribution in [1.29, 1.82) is 0 Å². The summed E-state index contributed by atoms with van der Waals surface area (Å²) in [5, 5.41) is 9.00. The zero-order valence-corrected chi connectivity index (χ0v) is 16.3. The van der Waals surface area contributed by atoms with Crippen molar-refractivity contribution in [1.82, 2.24) is 10.6 Å². The third-order valence-electron chi connectivity index (χ3n) is 5.58. The molecule has 0 unspecified atom stereocenters. The molecule has 152 valence electrons. The van der Waals surface area contributed by atoms with Gasteiger partial charge in [0.05, 0.1) is 6.54 Å². The Bertz CT molecular complexity index is 864. The highest BCUT2D eigenvalue weighted by molar-refractivity contribution is 5.94. The number of rotatable bonds is 9. The van der Waals surface area contributed by atoms with Crippen LogP contribution >= 0.6 is 0 Å². The Kier molecular flexibility index (Phi) is 5.79. The Morgan fingerprint density at radius 1 is 0.966 bits per heavy atom. The summed E-state index contributed by atoms with van der Waals surface area (Å²) in [6.45, 7) is 0.351.